The van der Waals surface area contributed by atoms with Crippen LogP contribution in [0.2, 0.25) is 0 Å². The van der Waals surface area contributed by atoms with Gasteiger partial charge < -0.3 is 10.0 Å². The summed E-state index contributed by atoms with van der Waals surface area (Å²) in [6.07, 6.45) is 0.203. The SMILES string of the molecule is CC(O)CCN(C)C(=O)c1ccc2ncsc2c1. The van der Waals surface area contributed by atoms with Crippen molar-refractivity contribution in [2.45, 2.75) is 19.4 Å². The first kappa shape index (κ1) is 13.0. The van der Waals surface area contributed by atoms with E-state index in [0.29, 0.717) is 18.5 Å². The molecule has 18 heavy (non-hydrogen) atoms. The fourth-order valence-electron chi connectivity index (χ4n) is 1.69. The molecule has 1 atom stereocenters. The molecule has 0 saturated carbocycles. The lowest BCUT2D eigenvalue weighted by atomic mass is 10.2. The van der Waals surface area contributed by atoms with Crippen molar-refractivity contribution in [2.24, 2.45) is 0 Å². The molecule has 1 unspecified atom stereocenters. The molecule has 0 fully saturated rings. The third-order valence-corrected chi connectivity index (χ3v) is 3.60. The minimum absolute atomic E-state index is 0.0223. The van der Waals surface area contributed by atoms with Crippen molar-refractivity contribution in [1.82, 2.24) is 9.88 Å². The summed E-state index contributed by atoms with van der Waals surface area (Å²) < 4.78 is 1.02. The molecule has 4 nitrogen and oxygen atoms in total. The molecular weight excluding hydrogens is 248 g/mol. The molecule has 0 radical (unpaired) electrons. The van der Waals surface area contributed by atoms with E-state index in [9.17, 15) is 9.90 Å². The molecule has 0 saturated heterocycles. The smallest absolute Gasteiger partial charge is 0.253 e. The number of carbonyl (C=O) groups excluding carboxylic acids is 1. The predicted molar refractivity (Wildman–Crippen MR) is 72.9 cm³/mol. The summed E-state index contributed by atoms with van der Waals surface area (Å²) in [5.41, 5.74) is 3.36. The number of aromatic nitrogens is 1. The molecule has 2 rings (SSSR count). The van der Waals surface area contributed by atoms with Gasteiger partial charge in [-0.3, -0.25) is 4.79 Å². The molecule has 1 N–H and O–H groups in total. The molecule has 1 aromatic carbocycles. The summed E-state index contributed by atoms with van der Waals surface area (Å²) >= 11 is 1.53. The zero-order chi connectivity index (χ0) is 13.1. The third kappa shape index (κ3) is 2.86. The molecule has 0 aliphatic carbocycles. The number of aliphatic hydroxyl groups is 1. The van der Waals surface area contributed by atoms with Gasteiger partial charge >= 0.3 is 0 Å². The maximum Gasteiger partial charge on any atom is 0.253 e. The Labute approximate surface area is 110 Å². The maximum atomic E-state index is 12.2. The Balaban J connectivity index is 2.12. The van der Waals surface area contributed by atoms with Crippen molar-refractivity contribution in [3.05, 3.63) is 29.3 Å². The largest absolute Gasteiger partial charge is 0.393 e. The summed E-state index contributed by atoms with van der Waals surface area (Å²) in [7, 11) is 1.75. The molecular formula is C13H16N2O2S. The average Bonchev–Trinajstić information content (AvgIpc) is 2.81. The van der Waals surface area contributed by atoms with E-state index in [1.54, 1.807) is 30.4 Å². The minimum Gasteiger partial charge on any atom is -0.393 e. The molecule has 0 bridgehead atoms. The number of rotatable bonds is 4. The van der Waals surface area contributed by atoms with Crippen LogP contribution in [-0.4, -0.2) is 40.6 Å². The van der Waals surface area contributed by atoms with E-state index >= 15 is 0 Å². The van der Waals surface area contributed by atoms with Crippen molar-refractivity contribution in [3.63, 3.8) is 0 Å². The van der Waals surface area contributed by atoms with Gasteiger partial charge in [-0.05, 0) is 31.5 Å². The van der Waals surface area contributed by atoms with Crippen molar-refractivity contribution >= 4 is 27.5 Å². The van der Waals surface area contributed by atoms with Crippen LogP contribution < -0.4 is 0 Å². The second-order valence-electron chi connectivity index (χ2n) is 4.40. The molecule has 96 valence electrons. The van der Waals surface area contributed by atoms with E-state index in [0.717, 1.165) is 10.2 Å². The zero-order valence-corrected chi connectivity index (χ0v) is 11.3. The first-order valence-electron chi connectivity index (χ1n) is 5.84. The Morgan fingerprint density at radius 2 is 2.33 bits per heavy atom. The van der Waals surface area contributed by atoms with Gasteiger partial charge in [0.25, 0.3) is 5.91 Å². The summed E-state index contributed by atoms with van der Waals surface area (Å²) in [5.74, 6) is -0.0223. The minimum atomic E-state index is -0.385. The maximum absolute atomic E-state index is 12.2. The lowest BCUT2D eigenvalue weighted by Crippen LogP contribution is -2.29. The molecule has 2 aromatic rings. The Kier molecular flexibility index (Phi) is 3.93. The van der Waals surface area contributed by atoms with Crippen LogP contribution in [0, 0.1) is 0 Å². The van der Waals surface area contributed by atoms with Gasteiger partial charge in [-0.1, -0.05) is 0 Å². The number of carbonyl (C=O) groups is 1. The molecule has 5 heteroatoms. The van der Waals surface area contributed by atoms with Crippen LogP contribution in [0.4, 0.5) is 0 Å². The summed E-state index contributed by atoms with van der Waals surface area (Å²) in [4.78, 5) is 18.0. The first-order valence-corrected chi connectivity index (χ1v) is 6.72. The number of hydrogen-bond acceptors (Lipinski definition) is 4. The Morgan fingerprint density at radius 3 is 3.06 bits per heavy atom. The number of nitrogens with zero attached hydrogens (tertiary/aromatic N) is 2. The molecule has 0 spiro atoms. The second kappa shape index (κ2) is 5.46. The fraction of sp³-hybridized carbons (Fsp3) is 0.385. The summed E-state index contributed by atoms with van der Waals surface area (Å²) in [6.45, 7) is 2.28. The van der Waals surface area contributed by atoms with Crippen LogP contribution >= 0.6 is 11.3 Å². The van der Waals surface area contributed by atoms with E-state index < -0.39 is 0 Å². The van der Waals surface area contributed by atoms with Crippen LogP contribution in [0.3, 0.4) is 0 Å². The van der Waals surface area contributed by atoms with Gasteiger partial charge in [0.05, 0.1) is 21.8 Å². The monoisotopic (exact) mass is 264 g/mol. The predicted octanol–water partition coefficient (Wildman–Crippen LogP) is 2.14. The number of amides is 1. The highest BCUT2D eigenvalue weighted by Crippen LogP contribution is 2.19. The zero-order valence-electron chi connectivity index (χ0n) is 10.5. The van der Waals surface area contributed by atoms with Gasteiger partial charge in [-0.15, -0.1) is 11.3 Å². The Bertz CT molecular complexity index is 551. The van der Waals surface area contributed by atoms with Gasteiger partial charge in [0.2, 0.25) is 0 Å². The Morgan fingerprint density at radius 1 is 1.56 bits per heavy atom. The average molecular weight is 264 g/mol. The second-order valence-corrected chi connectivity index (χ2v) is 5.29. The topological polar surface area (TPSA) is 53.4 Å². The van der Waals surface area contributed by atoms with Crippen molar-refractivity contribution < 1.29 is 9.90 Å². The molecule has 0 aliphatic heterocycles. The van der Waals surface area contributed by atoms with Gasteiger partial charge in [-0.2, -0.15) is 0 Å². The lowest BCUT2D eigenvalue weighted by molar-refractivity contribution is 0.0769. The Hall–Kier alpha value is -1.46. The van der Waals surface area contributed by atoms with Crippen LogP contribution in [-0.2, 0) is 0 Å². The van der Waals surface area contributed by atoms with E-state index in [-0.39, 0.29) is 12.0 Å². The van der Waals surface area contributed by atoms with Crippen LogP contribution in [0.5, 0.6) is 0 Å². The molecule has 0 aliphatic rings. The third-order valence-electron chi connectivity index (χ3n) is 2.81. The van der Waals surface area contributed by atoms with E-state index in [1.165, 1.54) is 11.3 Å². The quantitative estimate of drug-likeness (QED) is 0.920. The van der Waals surface area contributed by atoms with Gasteiger partial charge in [0.15, 0.2) is 0 Å². The van der Waals surface area contributed by atoms with Crippen molar-refractivity contribution in [1.29, 1.82) is 0 Å². The van der Waals surface area contributed by atoms with Crippen molar-refractivity contribution in [2.75, 3.05) is 13.6 Å². The van der Waals surface area contributed by atoms with Gasteiger partial charge in [0.1, 0.15) is 0 Å². The van der Waals surface area contributed by atoms with Crippen LogP contribution in [0.1, 0.15) is 23.7 Å². The summed E-state index contributed by atoms with van der Waals surface area (Å²) in [5, 5.41) is 9.22. The number of aliphatic hydroxyl groups excluding tert-OH is 1. The number of benzene rings is 1. The lowest BCUT2D eigenvalue weighted by Gasteiger charge is -2.18. The summed E-state index contributed by atoms with van der Waals surface area (Å²) in [6, 6.07) is 5.53. The number of fused-ring (bicyclic) bond motifs is 1. The molecule has 1 aromatic heterocycles. The van der Waals surface area contributed by atoms with Gasteiger partial charge in [0, 0.05) is 19.2 Å². The van der Waals surface area contributed by atoms with E-state index in [4.69, 9.17) is 0 Å². The standard InChI is InChI=1S/C13H16N2O2S/c1-9(16)5-6-15(2)13(17)10-3-4-11-12(7-10)18-8-14-11/h3-4,7-9,16H,5-6H2,1-2H3. The van der Waals surface area contributed by atoms with E-state index in [2.05, 4.69) is 4.98 Å². The first-order chi connectivity index (χ1) is 8.58. The van der Waals surface area contributed by atoms with Crippen molar-refractivity contribution in [3.8, 4) is 0 Å². The highest BCUT2D eigenvalue weighted by atomic mass is 32.1. The van der Waals surface area contributed by atoms with Gasteiger partial charge in [-0.25, -0.2) is 4.98 Å². The fourth-order valence-corrected chi connectivity index (χ4v) is 2.41. The van der Waals surface area contributed by atoms with Crippen LogP contribution in [0.15, 0.2) is 23.7 Å². The highest BCUT2D eigenvalue weighted by Gasteiger charge is 2.13. The van der Waals surface area contributed by atoms with Crippen LogP contribution in [0.25, 0.3) is 10.2 Å². The van der Waals surface area contributed by atoms with E-state index in [1.807, 2.05) is 12.1 Å². The molecule has 1 heterocycles. The molecule has 1 amide bonds. The highest BCUT2D eigenvalue weighted by molar-refractivity contribution is 7.16. The normalized spacial score (nSPS) is 12.6. The number of hydrogen-bond donors (Lipinski definition) is 1. The number of thiazole rings is 1.